The molecule has 0 bridgehead atoms. The number of carbonyl (C=O) groups excluding carboxylic acids is 4. The van der Waals surface area contributed by atoms with Crippen LogP contribution in [-0.4, -0.2) is 72.5 Å². The van der Waals surface area contributed by atoms with E-state index in [-0.39, 0.29) is 31.2 Å². The number of primary amides is 1. The molecular formula is C30H45N5O5S. The summed E-state index contributed by atoms with van der Waals surface area (Å²) in [6.45, 7) is 4.43. The number of fused-ring (bicyclic) bond motifs is 1. The van der Waals surface area contributed by atoms with Gasteiger partial charge in [0, 0.05) is 13.0 Å². The lowest BCUT2D eigenvalue weighted by Crippen LogP contribution is -2.56. The fourth-order valence-corrected chi connectivity index (χ4v) is 5.00. The van der Waals surface area contributed by atoms with E-state index in [0.717, 1.165) is 22.8 Å². The fourth-order valence-electron chi connectivity index (χ4n) is 4.52. The van der Waals surface area contributed by atoms with Crippen LogP contribution < -0.4 is 22.1 Å². The summed E-state index contributed by atoms with van der Waals surface area (Å²) in [7, 11) is 1.30. The van der Waals surface area contributed by atoms with E-state index in [0.29, 0.717) is 25.1 Å². The van der Waals surface area contributed by atoms with Crippen LogP contribution >= 0.6 is 11.8 Å². The first-order chi connectivity index (χ1) is 19.6. The van der Waals surface area contributed by atoms with Crippen molar-refractivity contribution in [3.8, 4) is 0 Å². The first-order valence-corrected chi connectivity index (χ1v) is 15.4. The van der Waals surface area contributed by atoms with Crippen molar-refractivity contribution in [1.82, 2.24) is 15.5 Å². The van der Waals surface area contributed by atoms with Crippen LogP contribution in [0.15, 0.2) is 42.5 Å². The lowest BCUT2D eigenvalue weighted by Gasteiger charge is -2.34. The quantitative estimate of drug-likeness (QED) is 0.153. The van der Waals surface area contributed by atoms with E-state index >= 15 is 0 Å². The summed E-state index contributed by atoms with van der Waals surface area (Å²) in [5, 5.41) is 7.97. The number of esters is 1. The first kappa shape index (κ1) is 34.1. The number of carbonyl (C=O) groups is 4. The van der Waals surface area contributed by atoms with Crippen LogP contribution in [0.3, 0.4) is 0 Å². The lowest BCUT2D eigenvalue weighted by molar-refractivity contribution is -0.145. The van der Waals surface area contributed by atoms with Crippen LogP contribution in [0.2, 0.25) is 0 Å². The Balaban J connectivity index is 2.41. The Morgan fingerprint density at radius 2 is 1.76 bits per heavy atom. The van der Waals surface area contributed by atoms with Crippen molar-refractivity contribution in [1.29, 1.82) is 0 Å². The van der Waals surface area contributed by atoms with Gasteiger partial charge in [-0.1, -0.05) is 62.7 Å². The molecule has 0 saturated heterocycles. The number of hydrogen-bond acceptors (Lipinski definition) is 8. The van der Waals surface area contributed by atoms with Gasteiger partial charge in [0.05, 0.1) is 25.9 Å². The van der Waals surface area contributed by atoms with Gasteiger partial charge in [-0.05, 0) is 53.5 Å². The number of thioether (sulfide) groups is 1. The van der Waals surface area contributed by atoms with Crippen molar-refractivity contribution in [3.05, 3.63) is 48.0 Å². The van der Waals surface area contributed by atoms with Gasteiger partial charge in [-0.15, -0.1) is 0 Å². The zero-order valence-corrected chi connectivity index (χ0v) is 25.4. The van der Waals surface area contributed by atoms with Crippen LogP contribution in [0.1, 0.15) is 51.5 Å². The highest BCUT2D eigenvalue weighted by Gasteiger charge is 2.29. The standard InChI is InChI=1S/C30H45N5O5S/c1-5-20(2)17-27(34-29(38)24(31)13-14-26(32)36)35(18-22-11-8-10-21-9-6-7-12-23(21)22)19-28(37)33-25(15-16-41-4)30(39)40-3/h6-12,20,24-25,27H,5,13-19,31H2,1-4H3,(H2,32,36)(H,33,37)(H,34,38)/t20-,24-,25-,27?/m0/s1. The van der Waals surface area contributed by atoms with Gasteiger partial charge in [-0.25, -0.2) is 4.79 Å². The Morgan fingerprint density at radius 3 is 2.41 bits per heavy atom. The number of nitrogens with zero attached hydrogens (tertiary/aromatic N) is 1. The molecule has 0 aliphatic heterocycles. The predicted molar refractivity (Wildman–Crippen MR) is 164 cm³/mol. The van der Waals surface area contributed by atoms with E-state index in [1.807, 2.05) is 53.6 Å². The molecule has 6 N–H and O–H groups in total. The average molecular weight is 588 g/mol. The van der Waals surface area contributed by atoms with Gasteiger partial charge < -0.3 is 26.8 Å². The summed E-state index contributed by atoms with van der Waals surface area (Å²) < 4.78 is 4.91. The van der Waals surface area contributed by atoms with Crippen LogP contribution in [-0.2, 0) is 30.5 Å². The molecule has 0 heterocycles. The normalized spacial score (nSPS) is 14.2. The minimum absolute atomic E-state index is 0.00228. The second-order valence-corrected chi connectivity index (χ2v) is 11.3. The summed E-state index contributed by atoms with van der Waals surface area (Å²) in [5.41, 5.74) is 12.3. The molecular weight excluding hydrogens is 542 g/mol. The Hall–Kier alpha value is -3.15. The van der Waals surface area contributed by atoms with Gasteiger partial charge in [0.25, 0.3) is 0 Å². The van der Waals surface area contributed by atoms with E-state index in [9.17, 15) is 19.2 Å². The van der Waals surface area contributed by atoms with Crippen molar-refractivity contribution in [2.45, 2.75) is 70.7 Å². The van der Waals surface area contributed by atoms with E-state index in [1.165, 1.54) is 7.11 Å². The summed E-state index contributed by atoms with van der Waals surface area (Å²) in [5.74, 6) is -0.906. The minimum atomic E-state index is -0.926. The summed E-state index contributed by atoms with van der Waals surface area (Å²) in [4.78, 5) is 52.1. The van der Waals surface area contributed by atoms with Crippen LogP contribution in [0.5, 0.6) is 0 Å². The van der Waals surface area contributed by atoms with E-state index in [4.69, 9.17) is 16.2 Å². The molecule has 2 aromatic carbocycles. The van der Waals surface area contributed by atoms with Gasteiger partial charge in [0.2, 0.25) is 17.7 Å². The molecule has 0 saturated carbocycles. The second-order valence-electron chi connectivity index (χ2n) is 10.4. The Bertz CT molecular complexity index is 1160. The van der Waals surface area contributed by atoms with Crippen molar-refractivity contribution in [2.24, 2.45) is 17.4 Å². The van der Waals surface area contributed by atoms with Crippen LogP contribution in [0.4, 0.5) is 0 Å². The molecule has 2 rings (SSSR count). The summed E-state index contributed by atoms with van der Waals surface area (Å²) >= 11 is 1.57. The zero-order chi connectivity index (χ0) is 30.4. The monoisotopic (exact) mass is 587 g/mol. The largest absolute Gasteiger partial charge is 0.467 e. The van der Waals surface area contributed by atoms with E-state index < -0.39 is 36.0 Å². The van der Waals surface area contributed by atoms with Crippen molar-refractivity contribution in [3.63, 3.8) is 0 Å². The number of amides is 3. The maximum atomic E-state index is 13.4. The lowest BCUT2D eigenvalue weighted by atomic mass is 10.00. The summed E-state index contributed by atoms with van der Waals surface area (Å²) in [6, 6.07) is 12.3. The topological polar surface area (TPSA) is 157 Å². The molecule has 4 atom stereocenters. The van der Waals surface area contributed by atoms with Gasteiger partial charge in [0.1, 0.15) is 6.04 Å². The third kappa shape index (κ3) is 11.3. The number of nitrogens with two attached hydrogens (primary N) is 2. The molecule has 11 heteroatoms. The molecule has 3 amide bonds. The molecule has 0 aliphatic carbocycles. The van der Waals surface area contributed by atoms with Crippen molar-refractivity contribution < 1.29 is 23.9 Å². The Labute approximate surface area is 247 Å². The molecule has 0 fully saturated rings. The number of ether oxygens (including phenoxy) is 1. The maximum Gasteiger partial charge on any atom is 0.328 e. The highest BCUT2D eigenvalue weighted by molar-refractivity contribution is 7.98. The Morgan fingerprint density at radius 1 is 1.05 bits per heavy atom. The molecule has 0 aromatic heterocycles. The SMILES string of the molecule is CC[C@H](C)CC(NC(=O)[C@@H](N)CCC(N)=O)N(CC(=O)N[C@@H](CCSC)C(=O)OC)Cc1cccc2ccccc12. The zero-order valence-electron chi connectivity index (χ0n) is 24.6. The third-order valence-corrected chi connectivity index (χ3v) is 7.79. The molecule has 41 heavy (non-hydrogen) atoms. The van der Waals surface area contributed by atoms with Crippen LogP contribution in [0, 0.1) is 5.92 Å². The maximum absolute atomic E-state index is 13.4. The van der Waals surface area contributed by atoms with E-state index in [1.54, 1.807) is 11.8 Å². The highest BCUT2D eigenvalue weighted by Crippen LogP contribution is 2.22. The molecule has 10 nitrogen and oxygen atoms in total. The van der Waals surface area contributed by atoms with Gasteiger partial charge in [0.15, 0.2) is 0 Å². The minimum Gasteiger partial charge on any atom is -0.467 e. The van der Waals surface area contributed by atoms with Crippen molar-refractivity contribution >= 4 is 46.2 Å². The van der Waals surface area contributed by atoms with E-state index in [2.05, 4.69) is 24.5 Å². The number of nitrogens with one attached hydrogen (secondary N) is 2. The number of methoxy groups -OCH3 is 1. The molecule has 1 unspecified atom stereocenters. The van der Waals surface area contributed by atoms with Crippen LogP contribution in [0.25, 0.3) is 10.8 Å². The van der Waals surface area contributed by atoms with Gasteiger partial charge >= 0.3 is 5.97 Å². The first-order valence-electron chi connectivity index (χ1n) is 14.0. The average Bonchev–Trinajstić information content (AvgIpc) is 2.96. The summed E-state index contributed by atoms with van der Waals surface area (Å²) in [6.07, 6.45) is 3.38. The number of benzene rings is 2. The molecule has 0 radical (unpaired) electrons. The number of hydrogen-bond donors (Lipinski definition) is 4. The fraction of sp³-hybridized carbons (Fsp3) is 0.533. The van der Waals surface area contributed by atoms with Gasteiger partial charge in [-0.2, -0.15) is 11.8 Å². The smallest absolute Gasteiger partial charge is 0.328 e. The molecule has 0 aliphatic rings. The predicted octanol–water partition coefficient (Wildman–Crippen LogP) is 2.52. The molecule has 0 spiro atoms. The molecule has 2 aromatic rings. The number of rotatable bonds is 18. The molecule has 226 valence electrons. The third-order valence-electron chi connectivity index (χ3n) is 7.14. The van der Waals surface area contributed by atoms with Crippen molar-refractivity contribution in [2.75, 3.05) is 25.7 Å². The Kier molecular flexibility index (Phi) is 14.6. The second kappa shape index (κ2) is 17.6. The van der Waals surface area contributed by atoms with Gasteiger partial charge in [-0.3, -0.25) is 19.3 Å². The highest BCUT2D eigenvalue weighted by atomic mass is 32.2.